The second-order valence-corrected chi connectivity index (χ2v) is 15.2. The van der Waals surface area contributed by atoms with Crippen molar-refractivity contribution in [2.75, 3.05) is 0 Å². The summed E-state index contributed by atoms with van der Waals surface area (Å²) in [5.41, 5.74) is 7.88. The molecule has 0 fully saturated rings. The van der Waals surface area contributed by atoms with Gasteiger partial charge in [-0.1, -0.05) is 109 Å². The van der Waals surface area contributed by atoms with E-state index < -0.39 is 8.07 Å². The van der Waals surface area contributed by atoms with Gasteiger partial charge in [0.15, 0.2) is 0 Å². The van der Waals surface area contributed by atoms with Crippen molar-refractivity contribution in [1.82, 2.24) is 0 Å². The number of hydrogen-bond acceptors (Lipinski definition) is 0. The average molecular weight is 703 g/mol. The molecule has 0 saturated carbocycles. The fraction of sp³-hybridized carbons (Fsp3) is 0.158. The third-order valence-corrected chi connectivity index (χ3v) is 12.9. The standard InChI is InChI=1S/C36H34Si.2CH3.Hf/c1-5-20-37(4,31-21-29-8-6-10-33(35(29)23-31)27-16-12-25(2)13-17-27)32-22-30-9-7-11-34(36(30)24-32)28-18-14-26(3)15-19-28;;;/h6-19,21-24H,5,20H2,1-4H3;2*1H3;/q-2;2*-1;+4. The minimum absolute atomic E-state index is 0. The zero-order valence-electron chi connectivity index (χ0n) is 24.8. The summed E-state index contributed by atoms with van der Waals surface area (Å²) in [7, 11) is -1.93. The molecule has 2 heteroatoms. The topological polar surface area (TPSA) is 0 Å². The predicted octanol–water partition coefficient (Wildman–Crippen LogP) is 9.88. The van der Waals surface area contributed by atoms with Gasteiger partial charge in [-0.25, -0.2) is 0 Å². The van der Waals surface area contributed by atoms with E-state index in [1.54, 1.807) is 10.4 Å². The molecule has 0 N–H and O–H groups in total. The Morgan fingerprint density at radius 1 is 0.600 bits per heavy atom. The van der Waals surface area contributed by atoms with Crippen molar-refractivity contribution in [3.05, 3.63) is 135 Å². The minimum atomic E-state index is -1.93. The smallest absolute Gasteiger partial charge is 0.358 e. The van der Waals surface area contributed by atoms with Gasteiger partial charge in [-0.05, 0) is 25.0 Å². The van der Waals surface area contributed by atoms with Crippen molar-refractivity contribution in [2.45, 2.75) is 39.8 Å². The maximum Gasteiger partial charge on any atom is 4.00 e. The van der Waals surface area contributed by atoms with Crippen molar-refractivity contribution in [3.8, 4) is 22.3 Å². The van der Waals surface area contributed by atoms with Crippen LogP contribution in [-0.2, 0) is 25.8 Å². The van der Waals surface area contributed by atoms with E-state index in [-0.39, 0.29) is 40.7 Å². The van der Waals surface area contributed by atoms with Gasteiger partial charge < -0.3 is 14.9 Å². The molecule has 0 nitrogen and oxygen atoms in total. The van der Waals surface area contributed by atoms with Gasteiger partial charge in [0.2, 0.25) is 0 Å². The fourth-order valence-corrected chi connectivity index (χ4v) is 9.82. The van der Waals surface area contributed by atoms with Crippen LogP contribution in [0.3, 0.4) is 0 Å². The van der Waals surface area contributed by atoms with Gasteiger partial charge in [-0.3, -0.25) is 0 Å². The first-order valence-electron chi connectivity index (χ1n) is 13.5. The van der Waals surface area contributed by atoms with E-state index in [1.807, 2.05) is 0 Å². The van der Waals surface area contributed by atoms with E-state index in [1.165, 1.54) is 67.4 Å². The molecule has 0 aromatic heterocycles. The van der Waals surface area contributed by atoms with Crippen molar-refractivity contribution in [2.24, 2.45) is 0 Å². The van der Waals surface area contributed by atoms with E-state index in [2.05, 4.69) is 137 Å². The summed E-state index contributed by atoms with van der Waals surface area (Å²) in [6.07, 6.45) is 1.20. The van der Waals surface area contributed by atoms with Crippen molar-refractivity contribution in [3.63, 3.8) is 0 Å². The van der Waals surface area contributed by atoms with Crippen LogP contribution in [0.4, 0.5) is 0 Å². The van der Waals surface area contributed by atoms with E-state index >= 15 is 0 Å². The average Bonchev–Trinajstić information content (AvgIpc) is 3.55. The van der Waals surface area contributed by atoms with Gasteiger partial charge >= 0.3 is 25.8 Å². The van der Waals surface area contributed by atoms with Gasteiger partial charge in [-0.2, -0.15) is 12.1 Å². The first kappa shape index (κ1) is 31.7. The molecule has 0 saturated heterocycles. The van der Waals surface area contributed by atoms with E-state index in [4.69, 9.17) is 0 Å². The minimum Gasteiger partial charge on any atom is -0.358 e. The molecule has 0 bridgehead atoms. The molecule has 0 heterocycles. The number of benzene rings is 4. The predicted molar refractivity (Wildman–Crippen MR) is 178 cm³/mol. The summed E-state index contributed by atoms with van der Waals surface area (Å²) >= 11 is 0. The third kappa shape index (κ3) is 5.67. The second kappa shape index (κ2) is 12.8. The summed E-state index contributed by atoms with van der Waals surface area (Å²) in [6, 6.07) is 42.7. The number of hydrogen-bond donors (Lipinski definition) is 0. The van der Waals surface area contributed by atoms with Crippen LogP contribution >= 0.6 is 0 Å². The van der Waals surface area contributed by atoms with Gasteiger partial charge in [0, 0.05) is 0 Å². The maximum atomic E-state index is 2.58. The Labute approximate surface area is 261 Å². The summed E-state index contributed by atoms with van der Waals surface area (Å²) in [6.45, 7) is 9.23. The molecule has 0 aliphatic heterocycles. The molecule has 0 spiro atoms. The Hall–Kier alpha value is -2.81. The van der Waals surface area contributed by atoms with Crippen LogP contribution in [0, 0.1) is 28.7 Å². The Balaban J connectivity index is 0.00000147. The van der Waals surface area contributed by atoms with Crippen LogP contribution in [0.5, 0.6) is 0 Å². The first-order valence-corrected chi connectivity index (χ1v) is 16.2. The van der Waals surface area contributed by atoms with Crippen LogP contribution in [-0.4, -0.2) is 8.07 Å². The van der Waals surface area contributed by atoms with E-state index in [9.17, 15) is 0 Å². The largest absolute Gasteiger partial charge is 4.00 e. The molecule has 0 amide bonds. The molecular weight excluding hydrogens is 663 g/mol. The Morgan fingerprint density at radius 3 is 1.38 bits per heavy atom. The summed E-state index contributed by atoms with van der Waals surface area (Å²) in [5, 5.41) is 8.59. The molecule has 6 rings (SSSR count). The van der Waals surface area contributed by atoms with Gasteiger partial charge in [0.25, 0.3) is 0 Å². The van der Waals surface area contributed by atoms with Crippen molar-refractivity contribution >= 4 is 40.0 Å². The molecule has 0 radical (unpaired) electrons. The zero-order chi connectivity index (χ0) is 25.6. The molecule has 6 aromatic carbocycles. The molecular formula is C38H40HfSi. The monoisotopic (exact) mass is 704 g/mol. The van der Waals surface area contributed by atoms with Gasteiger partial charge in [-0.15, -0.1) is 68.3 Å². The van der Waals surface area contributed by atoms with Crippen molar-refractivity contribution < 1.29 is 25.8 Å². The molecule has 0 unspecified atom stereocenters. The third-order valence-electron chi connectivity index (χ3n) is 8.25. The van der Waals surface area contributed by atoms with E-state index in [0.717, 1.165) is 0 Å². The normalized spacial score (nSPS) is 11.1. The van der Waals surface area contributed by atoms with Crippen LogP contribution in [0.1, 0.15) is 24.5 Å². The fourth-order valence-electron chi connectivity index (χ4n) is 6.03. The van der Waals surface area contributed by atoms with Crippen LogP contribution in [0.2, 0.25) is 12.6 Å². The molecule has 0 aliphatic rings. The van der Waals surface area contributed by atoms with Crippen molar-refractivity contribution in [1.29, 1.82) is 0 Å². The zero-order valence-corrected chi connectivity index (χ0v) is 29.4. The summed E-state index contributed by atoms with van der Waals surface area (Å²) in [4.78, 5) is 0. The summed E-state index contributed by atoms with van der Waals surface area (Å²) in [5.74, 6) is 0. The number of rotatable bonds is 6. The second-order valence-electron chi connectivity index (χ2n) is 10.9. The molecule has 0 aliphatic carbocycles. The molecule has 40 heavy (non-hydrogen) atoms. The Bertz CT molecular complexity index is 1570. The SMILES string of the molecule is CCC[Si](C)(c1cc2c(-c3ccc(C)cc3)cccc2[cH-]1)c1cc2c(-c3ccc(C)cc3)cccc2[cH-]1.[CH3-].[CH3-].[Hf+4]. The van der Waals surface area contributed by atoms with Crippen LogP contribution in [0.15, 0.2) is 109 Å². The van der Waals surface area contributed by atoms with Crippen LogP contribution in [0.25, 0.3) is 43.8 Å². The van der Waals surface area contributed by atoms with Gasteiger partial charge in [0.1, 0.15) is 0 Å². The first-order chi connectivity index (χ1) is 18.0. The Kier molecular flexibility index (Phi) is 10.1. The number of aryl methyl sites for hydroxylation is 2. The number of fused-ring (bicyclic) bond motifs is 2. The van der Waals surface area contributed by atoms with Crippen LogP contribution < -0.4 is 10.4 Å². The quantitative estimate of drug-likeness (QED) is 0.120. The Morgan fingerprint density at radius 2 is 1.00 bits per heavy atom. The molecule has 6 aromatic rings. The maximum absolute atomic E-state index is 2.58. The summed E-state index contributed by atoms with van der Waals surface area (Å²) < 4.78 is 0. The van der Waals surface area contributed by atoms with E-state index in [0.29, 0.717) is 0 Å². The molecule has 200 valence electrons. The van der Waals surface area contributed by atoms with Gasteiger partial charge in [0.05, 0.1) is 8.07 Å². The molecule has 0 atom stereocenters.